The smallest absolute Gasteiger partial charge is 0.323 e. The van der Waals surface area contributed by atoms with Crippen LogP contribution >= 0.6 is 0 Å². The molecule has 8 heteroatoms. The second-order valence-electron chi connectivity index (χ2n) is 4.02. The number of carbonyl (C=O) groups excluding carboxylic acids is 2. The molecule has 0 bridgehead atoms. The molecule has 1 aromatic carbocycles. The summed E-state index contributed by atoms with van der Waals surface area (Å²) in [6, 6.07) is 4.66. The zero-order chi connectivity index (χ0) is 14.7. The predicted octanol–water partition coefficient (Wildman–Crippen LogP) is 1.30. The van der Waals surface area contributed by atoms with Gasteiger partial charge in [0, 0.05) is 18.9 Å². The van der Waals surface area contributed by atoms with Gasteiger partial charge in [-0.2, -0.15) is 5.10 Å². The Morgan fingerprint density at radius 3 is 2.50 bits per heavy atom. The van der Waals surface area contributed by atoms with E-state index < -0.39 is 17.8 Å². The summed E-state index contributed by atoms with van der Waals surface area (Å²) in [7, 11) is 1.59. The minimum atomic E-state index is -0.748. The number of nitrogens with two attached hydrogens (primary N) is 1. The van der Waals surface area contributed by atoms with E-state index in [9.17, 15) is 14.0 Å². The van der Waals surface area contributed by atoms with E-state index >= 15 is 0 Å². The van der Waals surface area contributed by atoms with Crippen LogP contribution in [0.2, 0.25) is 0 Å². The quantitative estimate of drug-likeness (QED) is 0.788. The number of urea groups is 1. The molecule has 7 nitrogen and oxygen atoms in total. The van der Waals surface area contributed by atoms with Crippen LogP contribution in [0.1, 0.15) is 10.5 Å². The number of nitrogens with one attached hydrogen (secondary N) is 2. The molecule has 3 amide bonds. The lowest BCUT2D eigenvalue weighted by molar-refractivity contribution is 0.0995. The SMILES string of the molecule is Cn1cc(NC(=O)Nc2ccc(F)cc2)c(C(N)=O)n1. The largest absolute Gasteiger partial charge is 0.364 e. The highest BCUT2D eigenvalue weighted by molar-refractivity contribution is 6.05. The number of rotatable bonds is 3. The van der Waals surface area contributed by atoms with Crippen molar-refractivity contribution in [3.8, 4) is 0 Å². The van der Waals surface area contributed by atoms with E-state index in [-0.39, 0.29) is 11.4 Å². The molecule has 20 heavy (non-hydrogen) atoms. The highest BCUT2D eigenvalue weighted by Crippen LogP contribution is 2.14. The number of anilines is 2. The highest BCUT2D eigenvalue weighted by Gasteiger charge is 2.15. The Morgan fingerprint density at radius 2 is 1.90 bits per heavy atom. The molecule has 0 atom stereocenters. The first-order valence-electron chi connectivity index (χ1n) is 5.62. The summed E-state index contributed by atoms with van der Waals surface area (Å²) in [5.74, 6) is -1.15. The van der Waals surface area contributed by atoms with E-state index in [4.69, 9.17) is 5.73 Å². The predicted molar refractivity (Wildman–Crippen MR) is 70.8 cm³/mol. The van der Waals surface area contributed by atoms with Crippen LogP contribution in [0, 0.1) is 5.82 Å². The molecule has 0 saturated heterocycles. The molecule has 0 saturated carbocycles. The van der Waals surface area contributed by atoms with Gasteiger partial charge in [0.15, 0.2) is 5.69 Å². The van der Waals surface area contributed by atoms with Crippen LogP contribution in [-0.2, 0) is 7.05 Å². The first-order valence-corrected chi connectivity index (χ1v) is 5.62. The molecule has 2 rings (SSSR count). The minimum Gasteiger partial charge on any atom is -0.364 e. The molecule has 0 aliphatic heterocycles. The van der Waals surface area contributed by atoms with Gasteiger partial charge in [-0.1, -0.05) is 0 Å². The Hall–Kier alpha value is -2.90. The summed E-state index contributed by atoms with van der Waals surface area (Å²) in [5.41, 5.74) is 5.71. The van der Waals surface area contributed by atoms with E-state index in [1.54, 1.807) is 7.05 Å². The Bertz CT molecular complexity index is 650. The maximum atomic E-state index is 12.7. The lowest BCUT2D eigenvalue weighted by Crippen LogP contribution is -2.22. The Balaban J connectivity index is 2.08. The first kappa shape index (κ1) is 13.5. The van der Waals surface area contributed by atoms with Gasteiger partial charge in [0.25, 0.3) is 5.91 Å². The average Bonchev–Trinajstić information content (AvgIpc) is 2.73. The van der Waals surface area contributed by atoms with Gasteiger partial charge in [-0.05, 0) is 24.3 Å². The van der Waals surface area contributed by atoms with Gasteiger partial charge in [-0.3, -0.25) is 9.48 Å². The summed E-state index contributed by atoms with van der Waals surface area (Å²) in [4.78, 5) is 22.9. The summed E-state index contributed by atoms with van der Waals surface area (Å²) >= 11 is 0. The van der Waals surface area contributed by atoms with Crippen LogP contribution in [0.5, 0.6) is 0 Å². The molecule has 0 aliphatic carbocycles. The number of carbonyl (C=O) groups is 2. The zero-order valence-electron chi connectivity index (χ0n) is 10.6. The standard InChI is InChI=1S/C12H12FN5O2/c1-18-6-9(10(17-18)11(14)19)16-12(20)15-8-4-2-7(13)3-5-8/h2-6H,1H3,(H2,14,19)(H2,15,16,20). The normalized spacial score (nSPS) is 10.1. The third-order valence-corrected chi connectivity index (χ3v) is 2.41. The number of benzene rings is 1. The number of aromatic nitrogens is 2. The highest BCUT2D eigenvalue weighted by atomic mass is 19.1. The van der Waals surface area contributed by atoms with Gasteiger partial charge in [0.05, 0.1) is 5.69 Å². The number of halogens is 1. The Morgan fingerprint density at radius 1 is 1.25 bits per heavy atom. The third kappa shape index (κ3) is 3.10. The number of primary amides is 1. The number of amides is 3. The maximum Gasteiger partial charge on any atom is 0.323 e. The van der Waals surface area contributed by atoms with Crippen molar-refractivity contribution in [1.82, 2.24) is 9.78 Å². The van der Waals surface area contributed by atoms with Gasteiger partial charge < -0.3 is 16.4 Å². The zero-order valence-corrected chi connectivity index (χ0v) is 10.6. The Kier molecular flexibility index (Phi) is 3.65. The average molecular weight is 277 g/mol. The van der Waals surface area contributed by atoms with Crippen molar-refractivity contribution in [2.45, 2.75) is 0 Å². The number of aryl methyl sites for hydroxylation is 1. The number of hydrogen-bond acceptors (Lipinski definition) is 3. The summed E-state index contributed by atoms with van der Waals surface area (Å²) in [5, 5.41) is 8.77. The van der Waals surface area contributed by atoms with Gasteiger partial charge >= 0.3 is 6.03 Å². The summed E-state index contributed by atoms with van der Waals surface area (Å²) in [6.07, 6.45) is 1.45. The molecular weight excluding hydrogens is 265 g/mol. The number of nitrogens with zero attached hydrogens (tertiary/aromatic N) is 2. The molecule has 1 aromatic heterocycles. The van der Waals surface area contributed by atoms with E-state index in [0.29, 0.717) is 5.69 Å². The van der Waals surface area contributed by atoms with E-state index in [2.05, 4.69) is 15.7 Å². The van der Waals surface area contributed by atoms with Crippen molar-refractivity contribution < 1.29 is 14.0 Å². The fraction of sp³-hybridized carbons (Fsp3) is 0.0833. The Labute approximate surface area is 113 Å². The maximum absolute atomic E-state index is 12.7. The van der Waals surface area contributed by atoms with Crippen molar-refractivity contribution >= 4 is 23.3 Å². The van der Waals surface area contributed by atoms with Gasteiger partial charge in [0.2, 0.25) is 0 Å². The van der Waals surface area contributed by atoms with Crippen molar-refractivity contribution in [1.29, 1.82) is 0 Å². The second kappa shape index (κ2) is 5.39. The van der Waals surface area contributed by atoms with Gasteiger partial charge in [-0.15, -0.1) is 0 Å². The lowest BCUT2D eigenvalue weighted by Gasteiger charge is -2.06. The molecule has 0 aliphatic rings. The second-order valence-corrected chi connectivity index (χ2v) is 4.02. The van der Waals surface area contributed by atoms with Crippen LogP contribution in [0.4, 0.5) is 20.6 Å². The summed E-state index contributed by atoms with van der Waals surface area (Å²) in [6.45, 7) is 0. The van der Waals surface area contributed by atoms with E-state index in [1.807, 2.05) is 0 Å². The van der Waals surface area contributed by atoms with Gasteiger partial charge in [0.1, 0.15) is 5.82 Å². The molecule has 1 heterocycles. The fourth-order valence-electron chi connectivity index (χ4n) is 1.58. The number of hydrogen-bond donors (Lipinski definition) is 3. The lowest BCUT2D eigenvalue weighted by atomic mass is 10.3. The van der Waals surface area contributed by atoms with E-state index in [1.165, 1.54) is 35.1 Å². The third-order valence-electron chi connectivity index (χ3n) is 2.41. The molecule has 0 fully saturated rings. The minimum absolute atomic E-state index is 0.0400. The monoisotopic (exact) mass is 277 g/mol. The van der Waals surface area contributed by atoms with Gasteiger partial charge in [-0.25, -0.2) is 9.18 Å². The van der Waals surface area contributed by atoms with Crippen molar-refractivity contribution in [3.63, 3.8) is 0 Å². The van der Waals surface area contributed by atoms with Crippen LogP contribution < -0.4 is 16.4 Å². The molecule has 0 radical (unpaired) electrons. The molecule has 0 unspecified atom stereocenters. The van der Waals surface area contributed by atoms with Crippen LogP contribution in [-0.4, -0.2) is 21.7 Å². The fourth-order valence-corrected chi connectivity index (χ4v) is 1.58. The molecule has 4 N–H and O–H groups in total. The molecule has 0 spiro atoms. The van der Waals surface area contributed by atoms with Crippen LogP contribution in [0.3, 0.4) is 0 Å². The van der Waals surface area contributed by atoms with Crippen LogP contribution in [0.25, 0.3) is 0 Å². The van der Waals surface area contributed by atoms with Crippen molar-refractivity contribution in [2.75, 3.05) is 10.6 Å². The molecule has 104 valence electrons. The topological polar surface area (TPSA) is 102 Å². The molecular formula is C12H12FN5O2. The summed E-state index contributed by atoms with van der Waals surface area (Å²) < 4.78 is 14.1. The molecule has 2 aromatic rings. The van der Waals surface area contributed by atoms with E-state index in [0.717, 1.165) is 0 Å². The van der Waals surface area contributed by atoms with Crippen molar-refractivity contribution in [3.05, 3.63) is 42.0 Å². The van der Waals surface area contributed by atoms with Crippen LogP contribution in [0.15, 0.2) is 30.5 Å². The van der Waals surface area contributed by atoms with Crippen molar-refractivity contribution in [2.24, 2.45) is 12.8 Å². The first-order chi connectivity index (χ1) is 9.45.